The molecule has 0 fully saturated rings. The van der Waals surface area contributed by atoms with Gasteiger partial charge in [0.1, 0.15) is 5.65 Å². The van der Waals surface area contributed by atoms with Crippen molar-refractivity contribution >= 4 is 16.8 Å². The molecule has 0 amide bonds. The SMILES string of the molecule is Cc1ccccc1C1CC(=O)c2cnc3c(c2C1)c(=O)[nH]c(=O)n3Cc1ccc2c(c1)OCCCO2. The van der Waals surface area contributed by atoms with E-state index in [1.807, 2.05) is 49.4 Å². The minimum atomic E-state index is -0.551. The fourth-order valence-electron chi connectivity index (χ4n) is 5.31. The zero-order chi connectivity index (χ0) is 24.8. The lowest BCUT2D eigenvalue weighted by atomic mass is 9.78. The number of carbonyl (C=O) groups is 1. The van der Waals surface area contributed by atoms with Gasteiger partial charge < -0.3 is 9.47 Å². The molecule has 8 nitrogen and oxygen atoms in total. The fraction of sp³-hybridized carbons (Fsp3) is 0.286. The van der Waals surface area contributed by atoms with Crippen LogP contribution in [0.15, 0.2) is 58.3 Å². The van der Waals surface area contributed by atoms with Gasteiger partial charge in [-0.25, -0.2) is 9.78 Å². The van der Waals surface area contributed by atoms with Crippen LogP contribution in [0.2, 0.25) is 0 Å². The third kappa shape index (κ3) is 3.79. The van der Waals surface area contributed by atoms with E-state index in [4.69, 9.17) is 9.47 Å². The number of nitrogens with one attached hydrogen (secondary N) is 1. The summed E-state index contributed by atoms with van der Waals surface area (Å²) in [6.07, 6.45) is 3.19. The average molecular weight is 484 g/mol. The molecular weight excluding hydrogens is 458 g/mol. The first kappa shape index (κ1) is 22.3. The molecule has 1 unspecified atom stereocenters. The predicted octanol–water partition coefficient (Wildman–Crippen LogP) is 3.52. The molecule has 2 aliphatic rings. The highest BCUT2D eigenvalue weighted by molar-refractivity contribution is 6.02. The number of aryl methyl sites for hydroxylation is 1. The Labute approximate surface area is 206 Å². The molecular formula is C28H25N3O5. The molecule has 2 aromatic carbocycles. The maximum absolute atomic E-state index is 13.1. The van der Waals surface area contributed by atoms with Crippen molar-refractivity contribution in [1.82, 2.24) is 14.5 Å². The Bertz CT molecular complexity index is 1640. The van der Waals surface area contributed by atoms with Crippen LogP contribution in [-0.2, 0) is 13.0 Å². The number of ether oxygens (including phenoxy) is 2. The van der Waals surface area contributed by atoms with Crippen LogP contribution in [0.4, 0.5) is 0 Å². The zero-order valence-corrected chi connectivity index (χ0v) is 19.9. The second-order valence-electron chi connectivity index (χ2n) is 9.41. The number of rotatable bonds is 3. The number of aromatic amines is 1. The number of Topliss-reactive ketones (excluding diaryl/α,β-unsaturated/α-hetero) is 1. The Hall–Kier alpha value is -4.20. The van der Waals surface area contributed by atoms with Crippen LogP contribution >= 0.6 is 0 Å². The highest BCUT2D eigenvalue weighted by Crippen LogP contribution is 2.36. The van der Waals surface area contributed by atoms with Crippen LogP contribution < -0.4 is 20.7 Å². The third-order valence-corrected chi connectivity index (χ3v) is 7.08. The van der Waals surface area contributed by atoms with Gasteiger partial charge in [0, 0.05) is 24.6 Å². The smallest absolute Gasteiger partial charge is 0.330 e. The van der Waals surface area contributed by atoms with Gasteiger partial charge in [-0.3, -0.25) is 19.1 Å². The van der Waals surface area contributed by atoms with E-state index >= 15 is 0 Å². The number of carbonyl (C=O) groups excluding carboxylic acids is 1. The maximum Gasteiger partial charge on any atom is 0.330 e. The Kier molecular flexibility index (Phi) is 5.44. The molecule has 0 saturated heterocycles. The van der Waals surface area contributed by atoms with Crippen molar-refractivity contribution in [2.45, 2.75) is 38.6 Å². The summed E-state index contributed by atoms with van der Waals surface area (Å²) < 4.78 is 12.9. The standard InChI is InChI=1S/C28H25N3O5/c1-16-5-2-3-6-19(16)18-12-20-21(22(32)13-18)14-29-26-25(20)27(33)30-28(34)31(26)15-17-7-8-23-24(11-17)36-10-4-9-35-23/h2-3,5-8,11,14,18H,4,9-10,12-13,15H2,1H3,(H,30,33,34). The van der Waals surface area contributed by atoms with E-state index in [9.17, 15) is 14.4 Å². The highest BCUT2D eigenvalue weighted by atomic mass is 16.5. The monoisotopic (exact) mass is 483 g/mol. The van der Waals surface area contributed by atoms with Gasteiger partial charge in [0.15, 0.2) is 17.3 Å². The Morgan fingerprint density at radius 2 is 1.83 bits per heavy atom. The number of ketones is 1. The highest BCUT2D eigenvalue weighted by Gasteiger charge is 2.30. The second-order valence-corrected chi connectivity index (χ2v) is 9.41. The molecule has 8 heteroatoms. The number of H-pyrrole nitrogens is 1. The van der Waals surface area contributed by atoms with Crippen LogP contribution in [0, 0.1) is 6.92 Å². The van der Waals surface area contributed by atoms with Crippen molar-refractivity contribution in [2.24, 2.45) is 0 Å². The molecule has 1 aliphatic carbocycles. The molecule has 0 spiro atoms. The van der Waals surface area contributed by atoms with Crippen LogP contribution in [0.25, 0.3) is 11.0 Å². The number of hydrogen-bond donors (Lipinski definition) is 1. The predicted molar refractivity (Wildman–Crippen MR) is 134 cm³/mol. The minimum absolute atomic E-state index is 0.0426. The number of fused-ring (bicyclic) bond motifs is 4. The van der Waals surface area contributed by atoms with E-state index in [0.29, 0.717) is 54.1 Å². The molecule has 3 heterocycles. The quantitative estimate of drug-likeness (QED) is 0.478. The summed E-state index contributed by atoms with van der Waals surface area (Å²) in [6.45, 7) is 3.36. The molecule has 4 aromatic rings. The molecule has 36 heavy (non-hydrogen) atoms. The largest absolute Gasteiger partial charge is 0.490 e. The number of pyridine rings is 1. The van der Waals surface area contributed by atoms with Crippen molar-refractivity contribution in [3.63, 3.8) is 0 Å². The molecule has 0 bridgehead atoms. The van der Waals surface area contributed by atoms with E-state index in [1.165, 1.54) is 10.8 Å². The van der Waals surface area contributed by atoms with Crippen molar-refractivity contribution in [1.29, 1.82) is 0 Å². The lowest BCUT2D eigenvalue weighted by Gasteiger charge is -2.26. The Morgan fingerprint density at radius 1 is 1.03 bits per heavy atom. The van der Waals surface area contributed by atoms with E-state index in [-0.39, 0.29) is 23.9 Å². The lowest BCUT2D eigenvalue weighted by molar-refractivity contribution is 0.0964. The maximum atomic E-state index is 13.1. The average Bonchev–Trinajstić information content (AvgIpc) is 3.11. The molecule has 2 aromatic heterocycles. The number of benzene rings is 2. The van der Waals surface area contributed by atoms with Gasteiger partial charge in [-0.1, -0.05) is 30.3 Å². The number of aromatic nitrogens is 3. The van der Waals surface area contributed by atoms with Crippen LogP contribution in [0.1, 0.15) is 51.4 Å². The fourth-order valence-corrected chi connectivity index (χ4v) is 5.31. The van der Waals surface area contributed by atoms with E-state index in [1.54, 1.807) is 0 Å². The topological polar surface area (TPSA) is 103 Å². The summed E-state index contributed by atoms with van der Waals surface area (Å²) in [5.41, 5.74) is 3.32. The number of nitrogens with zero attached hydrogens (tertiary/aromatic N) is 2. The third-order valence-electron chi connectivity index (χ3n) is 7.08. The van der Waals surface area contributed by atoms with Gasteiger partial charge in [0.05, 0.1) is 25.1 Å². The molecule has 6 rings (SSSR count). The molecule has 1 atom stereocenters. The first-order chi connectivity index (χ1) is 17.5. The van der Waals surface area contributed by atoms with Crippen molar-refractivity contribution < 1.29 is 14.3 Å². The van der Waals surface area contributed by atoms with Crippen molar-refractivity contribution in [3.8, 4) is 11.5 Å². The van der Waals surface area contributed by atoms with Crippen LogP contribution in [0.3, 0.4) is 0 Å². The van der Waals surface area contributed by atoms with Gasteiger partial charge in [-0.15, -0.1) is 0 Å². The van der Waals surface area contributed by atoms with Crippen LogP contribution in [0.5, 0.6) is 11.5 Å². The summed E-state index contributed by atoms with van der Waals surface area (Å²) in [4.78, 5) is 46.0. The molecule has 1 N–H and O–H groups in total. The normalized spacial score (nSPS) is 17.0. The second kappa shape index (κ2) is 8.78. The van der Waals surface area contributed by atoms with Crippen LogP contribution in [-0.4, -0.2) is 33.5 Å². The Morgan fingerprint density at radius 3 is 2.67 bits per heavy atom. The zero-order valence-electron chi connectivity index (χ0n) is 19.9. The molecule has 182 valence electrons. The lowest BCUT2D eigenvalue weighted by Crippen LogP contribution is -2.33. The Balaban J connectivity index is 1.46. The van der Waals surface area contributed by atoms with Gasteiger partial charge in [0.25, 0.3) is 5.56 Å². The summed E-state index contributed by atoms with van der Waals surface area (Å²) in [7, 11) is 0. The van der Waals surface area contributed by atoms with E-state index in [2.05, 4.69) is 9.97 Å². The summed E-state index contributed by atoms with van der Waals surface area (Å²) in [5, 5.41) is 0.299. The summed E-state index contributed by atoms with van der Waals surface area (Å²) >= 11 is 0. The first-order valence-electron chi connectivity index (χ1n) is 12.1. The first-order valence-corrected chi connectivity index (χ1v) is 12.1. The minimum Gasteiger partial charge on any atom is -0.490 e. The summed E-state index contributed by atoms with van der Waals surface area (Å²) in [6, 6.07) is 13.5. The molecule has 0 saturated carbocycles. The van der Waals surface area contributed by atoms with Crippen molar-refractivity contribution in [3.05, 3.63) is 97.3 Å². The summed E-state index contributed by atoms with van der Waals surface area (Å²) in [5.74, 6) is 1.21. The van der Waals surface area contributed by atoms with Crippen molar-refractivity contribution in [2.75, 3.05) is 13.2 Å². The van der Waals surface area contributed by atoms with Gasteiger partial charge in [0.2, 0.25) is 0 Å². The van der Waals surface area contributed by atoms with Gasteiger partial charge >= 0.3 is 5.69 Å². The van der Waals surface area contributed by atoms with E-state index < -0.39 is 11.2 Å². The van der Waals surface area contributed by atoms with Gasteiger partial charge in [-0.05, 0) is 53.6 Å². The number of hydrogen-bond acceptors (Lipinski definition) is 6. The van der Waals surface area contributed by atoms with E-state index in [0.717, 1.165) is 23.1 Å². The van der Waals surface area contributed by atoms with Gasteiger partial charge in [-0.2, -0.15) is 0 Å². The molecule has 1 aliphatic heterocycles. The molecule has 0 radical (unpaired) electrons.